The van der Waals surface area contributed by atoms with Crippen LogP contribution >= 0.6 is 0 Å². The number of carbonyl (C=O) groups excluding carboxylic acids is 5. The van der Waals surface area contributed by atoms with Crippen molar-refractivity contribution in [3.8, 4) is 0 Å². The van der Waals surface area contributed by atoms with Crippen molar-refractivity contribution >= 4 is 29.6 Å². The number of likely N-dealkylation sites (tertiary alicyclic amines) is 1. The summed E-state index contributed by atoms with van der Waals surface area (Å²) >= 11 is 0. The summed E-state index contributed by atoms with van der Waals surface area (Å²) in [6.45, 7) is 1.37. The molecule has 5 aliphatic rings. The highest BCUT2D eigenvalue weighted by Gasteiger charge is 2.60. The Labute approximate surface area is 269 Å². The molecular weight excluding hydrogens is 591 g/mol. The van der Waals surface area contributed by atoms with Gasteiger partial charge in [-0.1, -0.05) is 37.1 Å². The second-order valence-corrected chi connectivity index (χ2v) is 13.8. The molecule has 0 aromatic heterocycles. The van der Waals surface area contributed by atoms with E-state index in [0.717, 1.165) is 50.5 Å². The van der Waals surface area contributed by atoms with Crippen molar-refractivity contribution in [3.63, 3.8) is 0 Å². The molecule has 0 spiro atoms. The minimum Gasteiger partial charge on any atom is -0.460 e. The van der Waals surface area contributed by atoms with Gasteiger partial charge in [0.05, 0.1) is 12.5 Å². The maximum Gasteiger partial charge on any atom is 0.309 e. The molecule has 248 valence electrons. The molecule has 0 bridgehead atoms. The maximum atomic E-state index is 14.4. The molecule has 3 N–H and O–H groups in total. The summed E-state index contributed by atoms with van der Waals surface area (Å²) < 4.78 is 20.3. The van der Waals surface area contributed by atoms with Gasteiger partial charge in [0.15, 0.2) is 0 Å². The number of rotatable bonds is 5. The average molecular weight is 637 g/mol. The molecular formula is C35H45FN4O6. The van der Waals surface area contributed by atoms with Gasteiger partial charge in [-0.2, -0.15) is 0 Å². The molecule has 10 nitrogen and oxygen atoms in total. The van der Waals surface area contributed by atoms with Crippen molar-refractivity contribution in [2.75, 3.05) is 19.6 Å². The van der Waals surface area contributed by atoms with E-state index < -0.39 is 47.3 Å². The molecule has 6 rings (SSSR count). The van der Waals surface area contributed by atoms with E-state index in [0.29, 0.717) is 37.9 Å². The Balaban J connectivity index is 1.22. The molecule has 6 atom stereocenters. The number of fused-ring (bicyclic) bond motifs is 3. The van der Waals surface area contributed by atoms with Gasteiger partial charge in [0.1, 0.15) is 23.5 Å². The van der Waals surface area contributed by atoms with Crippen LogP contribution in [0.1, 0.15) is 81.8 Å². The second-order valence-electron chi connectivity index (χ2n) is 13.8. The molecule has 0 radical (unpaired) electrons. The highest BCUT2D eigenvalue weighted by atomic mass is 19.1. The van der Waals surface area contributed by atoms with Crippen molar-refractivity contribution in [1.29, 1.82) is 0 Å². The van der Waals surface area contributed by atoms with Gasteiger partial charge in [0.2, 0.25) is 23.6 Å². The first-order valence-electron chi connectivity index (χ1n) is 17.0. The zero-order valence-corrected chi connectivity index (χ0v) is 26.4. The van der Waals surface area contributed by atoms with Crippen LogP contribution in [0.5, 0.6) is 0 Å². The average Bonchev–Trinajstić information content (AvgIpc) is 3.35. The molecule has 2 saturated heterocycles. The number of hydrogen-bond acceptors (Lipinski definition) is 6. The van der Waals surface area contributed by atoms with E-state index in [-0.39, 0.29) is 49.4 Å². The Morgan fingerprint density at radius 2 is 1.83 bits per heavy atom. The van der Waals surface area contributed by atoms with Crippen LogP contribution in [0.15, 0.2) is 30.4 Å². The fourth-order valence-electron chi connectivity index (χ4n) is 7.84. The van der Waals surface area contributed by atoms with Gasteiger partial charge in [-0.25, -0.2) is 4.39 Å². The lowest BCUT2D eigenvalue weighted by Crippen LogP contribution is -2.55. The fraction of sp³-hybridized carbons (Fsp3) is 0.629. The second kappa shape index (κ2) is 13.5. The zero-order chi connectivity index (χ0) is 32.4. The van der Waals surface area contributed by atoms with Crippen LogP contribution in [-0.2, 0) is 41.6 Å². The third-order valence-corrected chi connectivity index (χ3v) is 10.7. The van der Waals surface area contributed by atoms with Crippen molar-refractivity contribution in [1.82, 2.24) is 15.1 Å². The Kier molecular flexibility index (Phi) is 9.47. The minimum absolute atomic E-state index is 0.00199. The van der Waals surface area contributed by atoms with Crippen LogP contribution < -0.4 is 11.1 Å². The maximum absolute atomic E-state index is 14.4. The lowest BCUT2D eigenvalue weighted by atomic mass is 9.94. The number of amides is 4. The highest BCUT2D eigenvalue weighted by Crippen LogP contribution is 2.45. The number of nitrogens with two attached hydrogens (primary N) is 1. The third-order valence-electron chi connectivity index (χ3n) is 10.7. The number of allylic oxidation sites excluding steroid dienone is 1. The van der Waals surface area contributed by atoms with E-state index in [1.165, 1.54) is 11.0 Å². The summed E-state index contributed by atoms with van der Waals surface area (Å²) in [4.78, 5) is 70.7. The van der Waals surface area contributed by atoms with Gasteiger partial charge in [-0.3, -0.25) is 24.0 Å². The van der Waals surface area contributed by atoms with Gasteiger partial charge >= 0.3 is 5.97 Å². The van der Waals surface area contributed by atoms with Crippen LogP contribution in [-0.4, -0.2) is 76.7 Å². The summed E-state index contributed by atoms with van der Waals surface area (Å²) in [5.74, 6) is -3.75. The van der Waals surface area contributed by atoms with Crippen LogP contribution in [0.4, 0.5) is 4.39 Å². The lowest BCUT2D eigenvalue weighted by molar-refractivity contribution is -0.154. The van der Waals surface area contributed by atoms with Crippen LogP contribution in [0.3, 0.4) is 0 Å². The number of primary amides is 1. The van der Waals surface area contributed by atoms with E-state index in [1.54, 1.807) is 12.1 Å². The number of ether oxygens (including phenoxy) is 1. The number of piperidine rings is 1. The smallest absolute Gasteiger partial charge is 0.309 e. The zero-order valence-electron chi connectivity index (χ0n) is 26.4. The molecule has 3 aliphatic heterocycles. The quantitative estimate of drug-likeness (QED) is 0.377. The largest absolute Gasteiger partial charge is 0.460 e. The van der Waals surface area contributed by atoms with Crippen LogP contribution in [0, 0.1) is 23.6 Å². The van der Waals surface area contributed by atoms with E-state index >= 15 is 0 Å². The van der Waals surface area contributed by atoms with Crippen LogP contribution in [0.25, 0.3) is 0 Å². The summed E-state index contributed by atoms with van der Waals surface area (Å²) in [7, 11) is 0. The lowest BCUT2D eigenvalue weighted by Gasteiger charge is -2.31. The number of nitrogens with one attached hydrogen (secondary N) is 1. The molecule has 11 heteroatoms. The van der Waals surface area contributed by atoms with Gasteiger partial charge in [0, 0.05) is 37.8 Å². The molecule has 1 aromatic rings. The van der Waals surface area contributed by atoms with Crippen molar-refractivity contribution in [3.05, 3.63) is 47.3 Å². The summed E-state index contributed by atoms with van der Waals surface area (Å²) in [5.41, 5.74) is 5.86. The number of nitrogens with zero attached hydrogens (tertiary/aromatic N) is 2. The van der Waals surface area contributed by atoms with E-state index in [9.17, 15) is 28.4 Å². The first kappa shape index (κ1) is 32.2. The number of hydrogen-bond donors (Lipinski definition) is 2. The minimum atomic E-state index is -1.22. The molecule has 1 aromatic carbocycles. The molecule has 2 aliphatic carbocycles. The summed E-state index contributed by atoms with van der Waals surface area (Å²) in [6.07, 6.45) is 11.1. The van der Waals surface area contributed by atoms with Crippen molar-refractivity contribution in [2.24, 2.45) is 23.5 Å². The van der Waals surface area contributed by atoms with Crippen molar-refractivity contribution in [2.45, 2.75) is 101 Å². The number of esters is 1. The summed E-state index contributed by atoms with van der Waals surface area (Å²) in [5, 5.41) is 2.87. The normalized spacial score (nSPS) is 32.2. The fourth-order valence-corrected chi connectivity index (χ4v) is 7.84. The topological polar surface area (TPSA) is 139 Å². The molecule has 3 heterocycles. The Bertz CT molecular complexity index is 1410. The van der Waals surface area contributed by atoms with E-state index in [4.69, 9.17) is 10.5 Å². The highest BCUT2D eigenvalue weighted by molar-refractivity contribution is 5.97. The van der Waals surface area contributed by atoms with Crippen molar-refractivity contribution < 1.29 is 33.1 Å². The molecule has 1 saturated carbocycles. The Morgan fingerprint density at radius 1 is 1.04 bits per heavy atom. The monoisotopic (exact) mass is 636 g/mol. The Morgan fingerprint density at radius 3 is 2.59 bits per heavy atom. The van der Waals surface area contributed by atoms with Crippen LogP contribution in [0.2, 0.25) is 0 Å². The van der Waals surface area contributed by atoms with Gasteiger partial charge in [-0.05, 0) is 75.0 Å². The molecule has 46 heavy (non-hydrogen) atoms. The third kappa shape index (κ3) is 6.69. The van der Waals surface area contributed by atoms with E-state index in [2.05, 4.69) is 5.32 Å². The van der Waals surface area contributed by atoms with Gasteiger partial charge < -0.3 is 25.6 Å². The van der Waals surface area contributed by atoms with Gasteiger partial charge in [-0.15, -0.1) is 0 Å². The molecule has 3 fully saturated rings. The predicted octanol–water partition coefficient (Wildman–Crippen LogP) is 2.95. The first-order valence-corrected chi connectivity index (χ1v) is 17.0. The number of benzene rings is 1. The molecule has 3 unspecified atom stereocenters. The molecule has 4 amide bonds. The number of halogens is 1. The SMILES string of the molecule is NC(=O)C12CC1/C=C\CCCCC[C@H](CC(=O)N1CCCCC1)C(=O)N1C[C@H](OC(=O)C3Cc4cccc(F)c4C3)C[C@H]1C(=O)N2. The number of carbonyl (C=O) groups is 5. The Hall–Kier alpha value is -3.76. The standard InChI is InChI=1S/C35H45FN4O6/c36-28-13-9-11-22-16-24(17-27(22)28)33(44)46-26-19-29-31(42)38-35(34(37)45)20-25(35)12-6-3-1-2-5-10-23(32(43)40(29)21-26)18-30(41)39-14-7-4-8-15-39/h6,9,11-13,23-26,29H,1-5,7-8,10,14-21H2,(H2,37,45)(H,38,42)/b12-6-/t23-,24?,25?,26-,29+,35?/m1/s1. The van der Waals surface area contributed by atoms with E-state index in [1.807, 2.05) is 17.1 Å². The van der Waals surface area contributed by atoms with Gasteiger partial charge in [0.25, 0.3) is 0 Å². The predicted molar refractivity (Wildman–Crippen MR) is 166 cm³/mol. The first-order chi connectivity index (χ1) is 22.2. The summed E-state index contributed by atoms with van der Waals surface area (Å²) in [6, 6.07) is 3.81.